The van der Waals surface area contributed by atoms with Crippen molar-refractivity contribution in [1.82, 2.24) is 5.32 Å². The van der Waals surface area contributed by atoms with E-state index in [1.165, 1.54) is 44.1 Å². The predicted octanol–water partition coefficient (Wildman–Crippen LogP) is 4.06. The van der Waals surface area contributed by atoms with E-state index in [1.807, 2.05) is 0 Å². The van der Waals surface area contributed by atoms with Gasteiger partial charge < -0.3 is 5.32 Å². The SMILES string of the molecule is C1=C(CCCNCc2ccccc2)CCCC1. The second-order valence-corrected chi connectivity index (χ2v) is 4.87. The molecule has 0 atom stereocenters. The highest BCUT2D eigenvalue weighted by atomic mass is 14.8. The molecule has 92 valence electrons. The van der Waals surface area contributed by atoms with Crippen LogP contribution in [-0.4, -0.2) is 6.54 Å². The first-order chi connectivity index (χ1) is 8.45. The maximum Gasteiger partial charge on any atom is 0.0205 e. The largest absolute Gasteiger partial charge is 0.313 e. The summed E-state index contributed by atoms with van der Waals surface area (Å²) in [5.74, 6) is 0. The molecule has 1 nitrogen and oxygen atoms in total. The van der Waals surface area contributed by atoms with E-state index in [-0.39, 0.29) is 0 Å². The van der Waals surface area contributed by atoms with Gasteiger partial charge in [-0.3, -0.25) is 0 Å². The lowest BCUT2D eigenvalue weighted by molar-refractivity contribution is 0.616. The van der Waals surface area contributed by atoms with Crippen LogP contribution in [0.4, 0.5) is 0 Å². The highest BCUT2D eigenvalue weighted by molar-refractivity contribution is 5.14. The zero-order chi connectivity index (χ0) is 11.8. The normalized spacial score (nSPS) is 15.6. The molecule has 1 aliphatic carbocycles. The fraction of sp³-hybridized carbons (Fsp3) is 0.500. The van der Waals surface area contributed by atoms with Crippen molar-refractivity contribution in [1.29, 1.82) is 0 Å². The Morgan fingerprint density at radius 3 is 2.71 bits per heavy atom. The molecule has 0 spiro atoms. The van der Waals surface area contributed by atoms with E-state index in [0.717, 1.165) is 13.1 Å². The molecule has 1 aliphatic rings. The minimum atomic E-state index is 1.000. The lowest BCUT2D eigenvalue weighted by Crippen LogP contribution is -2.14. The van der Waals surface area contributed by atoms with Gasteiger partial charge in [-0.15, -0.1) is 0 Å². The molecule has 17 heavy (non-hydrogen) atoms. The van der Waals surface area contributed by atoms with Gasteiger partial charge in [-0.1, -0.05) is 42.0 Å². The van der Waals surface area contributed by atoms with Gasteiger partial charge in [0.15, 0.2) is 0 Å². The summed E-state index contributed by atoms with van der Waals surface area (Å²) in [6, 6.07) is 10.6. The molecule has 0 fully saturated rings. The number of rotatable bonds is 6. The molecule has 1 N–H and O–H groups in total. The molecule has 0 saturated heterocycles. The molecule has 0 saturated carbocycles. The highest BCUT2D eigenvalue weighted by Crippen LogP contribution is 2.20. The molecule has 1 aromatic rings. The number of hydrogen-bond acceptors (Lipinski definition) is 1. The van der Waals surface area contributed by atoms with Crippen LogP contribution in [0.5, 0.6) is 0 Å². The minimum absolute atomic E-state index is 1.000. The highest BCUT2D eigenvalue weighted by Gasteiger charge is 2.02. The molecule has 0 radical (unpaired) electrons. The molecule has 0 unspecified atom stereocenters. The van der Waals surface area contributed by atoms with Crippen LogP contribution in [0.2, 0.25) is 0 Å². The zero-order valence-electron chi connectivity index (χ0n) is 10.6. The van der Waals surface area contributed by atoms with Crippen molar-refractivity contribution in [2.45, 2.75) is 45.1 Å². The van der Waals surface area contributed by atoms with E-state index < -0.39 is 0 Å². The summed E-state index contributed by atoms with van der Waals surface area (Å²) in [7, 11) is 0. The lowest BCUT2D eigenvalue weighted by Gasteiger charge is -2.12. The molecule has 0 aliphatic heterocycles. The van der Waals surface area contributed by atoms with Crippen LogP contribution in [0.3, 0.4) is 0 Å². The Morgan fingerprint density at radius 1 is 1.06 bits per heavy atom. The van der Waals surface area contributed by atoms with Crippen molar-refractivity contribution in [3.63, 3.8) is 0 Å². The average Bonchev–Trinajstić information content (AvgIpc) is 2.41. The van der Waals surface area contributed by atoms with E-state index in [1.54, 1.807) is 5.57 Å². The monoisotopic (exact) mass is 229 g/mol. The van der Waals surface area contributed by atoms with Crippen LogP contribution < -0.4 is 5.32 Å². The third-order valence-corrected chi connectivity index (χ3v) is 3.41. The van der Waals surface area contributed by atoms with Gasteiger partial charge in [0.25, 0.3) is 0 Å². The molecule has 1 aromatic carbocycles. The second kappa shape index (κ2) is 7.29. The minimum Gasteiger partial charge on any atom is -0.313 e. The number of hydrogen-bond donors (Lipinski definition) is 1. The van der Waals surface area contributed by atoms with E-state index in [9.17, 15) is 0 Å². The van der Waals surface area contributed by atoms with Gasteiger partial charge in [0.2, 0.25) is 0 Å². The maximum atomic E-state index is 3.51. The van der Waals surface area contributed by atoms with Crippen LogP contribution in [0, 0.1) is 0 Å². The first kappa shape index (κ1) is 12.4. The van der Waals surface area contributed by atoms with Gasteiger partial charge >= 0.3 is 0 Å². The molecular formula is C16H23N. The number of allylic oxidation sites excluding steroid dienone is 2. The van der Waals surface area contributed by atoms with Crippen molar-refractivity contribution in [2.24, 2.45) is 0 Å². The standard InChI is InChI=1S/C16H23N/c1-3-8-15(9-4-1)12-7-13-17-14-16-10-5-2-6-11-16/h2,5-6,8,10-11,17H,1,3-4,7,9,12-14H2. The number of benzene rings is 1. The Morgan fingerprint density at radius 2 is 1.94 bits per heavy atom. The first-order valence-corrected chi connectivity index (χ1v) is 6.88. The first-order valence-electron chi connectivity index (χ1n) is 6.88. The van der Waals surface area contributed by atoms with Crippen LogP contribution in [0.1, 0.15) is 44.1 Å². The van der Waals surface area contributed by atoms with Gasteiger partial charge in [0.05, 0.1) is 0 Å². The van der Waals surface area contributed by atoms with Crippen molar-refractivity contribution in [3.8, 4) is 0 Å². The molecule has 2 rings (SSSR count). The molecule has 0 amide bonds. The van der Waals surface area contributed by atoms with Crippen LogP contribution in [0.15, 0.2) is 42.0 Å². The topological polar surface area (TPSA) is 12.0 Å². The number of nitrogens with one attached hydrogen (secondary N) is 1. The van der Waals surface area contributed by atoms with E-state index in [4.69, 9.17) is 0 Å². The van der Waals surface area contributed by atoms with Crippen molar-refractivity contribution in [3.05, 3.63) is 47.5 Å². The summed E-state index contributed by atoms with van der Waals surface area (Å²) in [4.78, 5) is 0. The van der Waals surface area contributed by atoms with E-state index in [0.29, 0.717) is 0 Å². The van der Waals surface area contributed by atoms with Crippen molar-refractivity contribution in [2.75, 3.05) is 6.54 Å². The molecule has 1 heteroatoms. The van der Waals surface area contributed by atoms with Crippen LogP contribution in [-0.2, 0) is 6.54 Å². The van der Waals surface area contributed by atoms with Gasteiger partial charge in [0, 0.05) is 6.54 Å². The Kier molecular flexibility index (Phi) is 5.31. The molecule has 0 aromatic heterocycles. The lowest BCUT2D eigenvalue weighted by atomic mass is 9.96. The Labute approximate surface area is 105 Å². The van der Waals surface area contributed by atoms with Gasteiger partial charge in [0.1, 0.15) is 0 Å². The molecule has 0 heterocycles. The fourth-order valence-electron chi connectivity index (χ4n) is 2.40. The Bertz CT molecular complexity index is 340. The van der Waals surface area contributed by atoms with Gasteiger partial charge in [-0.25, -0.2) is 0 Å². The fourth-order valence-corrected chi connectivity index (χ4v) is 2.40. The Balaban J connectivity index is 1.56. The summed E-state index contributed by atoms with van der Waals surface area (Å²) < 4.78 is 0. The van der Waals surface area contributed by atoms with E-state index >= 15 is 0 Å². The quantitative estimate of drug-likeness (QED) is 0.573. The Hall–Kier alpha value is -1.08. The smallest absolute Gasteiger partial charge is 0.0205 e. The van der Waals surface area contributed by atoms with Crippen LogP contribution >= 0.6 is 0 Å². The summed E-state index contributed by atoms with van der Waals surface area (Å²) in [6.07, 6.45) is 10.5. The molecule has 0 bridgehead atoms. The average molecular weight is 229 g/mol. The van der Waals surface area contributed by atoms with E-state index in [2.05, 4.69) is 41.7 Å². The second-order valence-electron chi connectivity index (χ2n) is 4.87. The summed E-state index contributed by atoms with van der Waals surface area (Å²) in [5, 5.41) is 3.51. The predicted molar refractivity (Wildman–Crippen MR) is 73.9 cm³/mol. The third kappa shape index (κ3) is 4.74. The van der Waals surface area contributed by atoms with Crippen molar-refractivity contribution < 1.29 is 0 Å². The van der Waals surface area contributed by atoms with Gasteiger partial charge in [-0.05, 0) is 50.6 Å². The maximum absolute atomic E-state index is 3.51. The summed E-state index contributed by atoms with van der Waals surface area (Å²) >= 11 is 0. The molecular weight excluding hydrogens is 206 g/mol. The van der Waals surface area contributed by atoms with Crippen molar-refractivity contribution >= 4 is 0 Å². The zero-order valence-corrected chi connectivity index (χ0v) is 10.6. The summed E-state index contributed by atoms with van der Waals surface area (Å²) in [6.45, 7) is 2.13. The van der Waals surface area contributed by atoms with Gasteiger partial charge in [-0.2, -0.15) is 0 Å². The third-order valence-electron chi connectivity index (χ3n) is 3.41. The van der Waals surface area contributed by atoms with Crippen LogP contribution in [0.25, 0.3) is 0 Å². The summed E-state index contributed by atoms with van der Waals surface area (Å²) in [5.41, 5.74) is 3.07.